The Bertz CT molecular complexity index is 419. The number of halogens is 1. The average Bonchev–Trinajstić information content (AvgIpc) is 2.20. The molecular weight excluding hydrogens is 235 g/mol. The van der Waals surface area contributed by atoms with Gasteiger partial charge < -0.3 is 14.6 Å². The SMILES string of the molecule is O=C(CCS)Oc1ccc(F)cc1C(=O)[O-]. The smallest absolute Gasteiger partial charge is 0.312 e. The molecule has 1 aromatic carbocycles. The molecule has 6 heteroatoms. The number of carbonyl (C=O) groups is 2. The van der Waals surface area contributed by atoms with Crippen molar-refractivity contribution in [3.05, 3.63) is 29.6 Å². The first kappa shape index (κ1) is 12.5. The summed E-state index contributed by atoms with van der Waals surface area (Å²) in [6.45, 7) is 0. The van der Waals surface area contributed by atoms with Crippen LogP contribution in [0.1, 0.15) is 16.8 Å². The molecule has 0 spiro atoms. The van der Waals surface area contributed by atoms with Crippen LogP contribution in [0.3, 0.4) is 0 Å². The van der Waals surface area contributed by atoms with E-state index in [1.165, 1.54) is 0 Å². The fraction of sp³-hybridized carbons (Fsp3) is 0.200. The number of carboxylic acids is 1. The van der Waals surface area contributed by atoms with E-state index >= 15 is 0 Å². The molecule has 0 aliphatic carbocycles. The number of hydrogen-bond donors (Lipinski definition) is 1. The van der Waals surface area contributed by atoms with Gasteiger partial charge >= 0.3 is 5.97 Å². The molecule has 0 N–H and O–H groups in total. The number of thiol groups is 1. The Kier molecular flexibility index (Phi) is 4.30. The van der Waals surface area contributed by atoms with Crippen LogP contribution in [0.25, 0.3) is 0 Å². The summed E-state index contributed by atoms with van der Waals surface area (Å²) in [5.74, 6) is -2.93. The Morgan fingerprint density at radius 3 is 2.69 bits per heavy atom. The van der Waals surface area contributed by atoms with Gasteiger partial charge in [0.1, 0.15) is 11.6 Å². The van der Waals surface area contributed by atoms with Crippen molar-refractivity contribution in [1.29, 1.82) is 0 Å². The minimum Gasteiger partial charge on any atom is -0.545 e. The van der Waals surface area contributed by atoms with Gasteiger partial charge in [-0.3, -0.25) is 4.79 Å². The van der Waals surface area contributed by atoms with Gasteiger partial charge in [-0.15, -0.1) is 0 Å². The summed E-state index contributed by atoms with van der Waals surface area (Å²) in [7, 11) is 0. The van der Waals surface area contributed by atoms with Gasteiger partial charge in [0.25, 0.3) is 0 Å². The highest BCUT2D eigenvalue weighted by Crippen LogP contribution is 2.19. The number of hydrogen-bond acceptors (Lipinski definition) is 5. The van der Waals surface area contributed by atoms with E-state index < -0.39 is 23.3 Å². The first-order valence-corrected chi connectivity index (χ1v) is 5.00. The molecule has 86 valence electrons. The van der Waals surface area contributed by atoms with E-state index in [0.29, 0.717) is 0 Å². The molecule has 0 fully saturated rings. The zero-order valence-electron chi connectivity index (χ0n) is 8.10. The van der Waals surface area contributed by atoms with Crippen LogP contribution < -0.4 is 9.84 Å². The van der Waals surface area contributed by atoms with Gasteiger partial charge in [0.15, 0.2) is 0 Å². The molecule has 1 aromatic rings. The van der Waals surface area contributed by atoms with Crippen molar-refractivity contribution >= 4 is 24.6 Å². The molecule has 1 rings (SSSR count). The van der Waals surface area contributed by atoms with Crippen LogP contribution in [0.15, 0.2) is 18.2 Å². The van der Waals surface area contributed by atoms with Gasteiger partial charge in [0, 0.05) is 11.3 Å². The van der Waals surface area contributed by atoms with Gasteiger partial charge in [0.05, 0.1) is 12.4 Å². The molecule has 16 heavy (non-hydrogen) atoms. The Morgan fingerprint density at radius 1 is 1.44 bits per heavy atom. The van der Waals surface area contributed by atoms with Crippen molar-refractivity contribution in [3.63, 3.8) is 0 Å². The summed E-state index contributed by atoms with van der Waals surface area (Å²) in [4.78, 5) is 21.7. The summed E-state index contributed by atoms with van der Waals surface area (Å²) in [5.41, 5.74) is -0.493. The Labute approximate surface area is 96.4 Å². The molecule has 0 radical (unpaired) electrons. The average molecular weight is 243 g/mol. The van der Waals surface area contributed by atoms with Crippen molar-refractivity contribution in [2.24, 2.45) is 0 Å². The van der Waals surface area contributed by atoms with Gasteiger partial charge in [-0.05, 0) is 18.2 Å². The van der Waals surface area contributed by atoms with Crippen LogP contribution in [0.5, 0.6) is 5.75 Å². The van der Waals surface area contributed by atoms with Gasteiger partial charge in [-0.25, -0.2) is 4.39 Å². The third-order valence-electron chi connectivity index (χ3n) is 1.70. The Balaban J connectivity index is 2.95. The summed E-state index contributed by atoms with van der Waals surface area (Å²) < 4.78 is 17.5. The van der Waals surface area contributed by atoms with E-state index in [1.807, 2.05) is 0 Å². The quantitative estimate of drug-likeness (QED) is 0.472. The lowest BCUT2D eigenvalue weighted by Gasteiger charge is -2.10. The molecule has 0 aromatic heterocycles. The first-order chi connectivity index (χ1) is 7.54. The highest BCUT2D eigenvalue weighted by atomic mass is 32.1. The lowest BCUT2D eigenvalue weighted by molar-refractivity contribution is -0.255. The van der Waals surface area contributed by atoms with Gasteiger partial charge in [-0.1, -0.05) is 0 Å². The molecule has 0 bridgehead atoms. The monoisotopic (exact) mass is 243 g/mol. The van der Waals surface area contributed by atoms with E-state index in [4.69, 9.17) is 4.74 Å². The second-order valence-corrected chi connectivity index (χ2v) is 3.32. The maximum atomic E-state index is 12.7. The number of carboxylic acid groups (broad SMARTS) is 1. The standard InChI is InChI=1S/C10H9FO4S/c11-6-1-2-8(7(5-6)10(13)14)15-9(12)3-4-16/h1-2,5,16H,3-4H2,(H,13,14)/p-1. The highest BCUT2D eigenvalue weighted by Gasteiger charge is 2.10. The predicted molar refractivity (Wildman–Crippen MR) is 54.8 cm³/mol. The van der Waals surface area contributed by atoms with E-state index in [0.717, 1.165) is 18.2 Å². The summed E-state index contributed by atoms with van der Waals surface area (Å²) >= 11 is 3.82. The molecule has 0 aliphatic rings. The van der Waals surface area contributed by atoms with Crippen LogP contribution >= 0.6 is 12.6 Å². The van der Waals surface area contributed by atoms with Crippen molar-refractivity contribution in [3.8, 4) is 5.75 Å². The summed E-state index contributed by atoms with van der Waals surface area (Å²) in [6.07, 6.45) is 0.0347. The minimum absolute atomic E-state index is 0.0347. The van der Waals surface area contributed by atoms with Crippen LogP contribution in [0.4, 0.5) is 4.39 Å². The van der Waals surface area contributed by atoms with Crippen molar-refractivity contribution in [2.45, 2.75) is 6.42 Å². The minimum atomic E-state index is -1.60. The molecule has 0 atom stereocenters. The third-order valence-corrected chi connectivity index (χ3v) is 1.92. The Morgan fingerprint density at radius 2 is 2.12 bits per heavy atom. The molecule has 0 saturated heterocycles. The van der Waals surface area contributed by atoms with Crippen molar-refractivity contribution < 1.29 is 23.8 Å². The summed E-state index contributed by atoms with van der Waals surface area (Å²) in [5, 5.41) is 10.6. The highest BCUT2D eigenvalue weighted by molar-refractivity contribution is 7.80. The van der Waals surface area contributed by atoms with E-state index in [-0.39, 0.29) is 17.9 Å². The van der Waals surface area contributed by atoms with Crippen LogP contribution in [0.2, 0.25) is 0 Å². The molecule has 0 unspecified atom stereocenters. The molecule has 0 amide bonds. The normalized spacial score (nSPS) is 9.88. The number of aromatic carboxylic acids is 1. The molecule has 4 nitrogen and oxygen atoms in total. The first-order valence-electron chi connectivity index (χ1n) is 4.37. The second kappa shape index (κ2) is 5.50. The second-order valence-electron chi connectivity index (χ2n) is 2.88. The maximum Gasteiger partial charge on any atom is 0.312 e. The predicted octanol–water partition coefficient (Wildman–Crippen LogP) is 0.414. The van der Waals surface area contributed by atoms with Gasteiger partial charge in [0.2, 0.25) is 0 Å². The lowest BCUT2D eigenvalue weighted by atomic mass is 10.2. The summed E-state index contributed by atoms with van der Waals surface area (Å²) in [6, 6.07) is 2.80. The number of rotatable bonds is 4. The van der Waals surface area contributed by atoms with Gasteiger partial charge in [-0.2, -0.15) is 12.6 Å². The maximum absolute atomic E-state index is 12.7. The molecule has 0 saturated carbocycles. The number of ether oxygens (including phenoxy) is 1. The zero-order chi connectivity index (χ0) is 12.1. The van der Waals surface area contributed by atoms with E-state index in [9.17, 15) is 19.1 Å². The number of esters is 1. The number of benzene rings is 1. The van der Waals surface area contributed by atoms with Crippen molar-refractivity contribution in [1.82, 2.24) is 0 Å². The third kappa shape index (κ3) is 3.23. The number of carbonyl (C=O) groups excluding carboxylic acids is 2. The molecule has 0 heterocycles. The van der Waals surface area contributed by atoms with E-state index in [1.54, 1.807) is 0 Å². The Hall–Kier alpha value is -1.56. The van der Waals surface area contributed by atoms with Crippen molar-refractivity contribution in [2.75, 3.05) is 5.75 Å². The van der Waals surface area contributed by atoms with Crippen LogP contribution in [-0.4, -0.2) is 17.7 Å². The molecule has 0 aliphatic heterocycles. The van der Waals surface area contributed by atoms with Crippen LogP contribution in [0, 0.1) is 5.82 Å². The largest absolute Gasteiger partial charge is 0.545 e. The molecular formula is C10H8FO4S-. The lowest BCUT2D eigenvalue weighted by Crippen LogP contribution is -2.24. The zero-order valence-corrected chi connectivity index (χ0v) is 9.00. The van der Waals surface area contributed by atoms with Crippen LogP contribution in [-0.2, 0) is 4.79 Å². The van der Waals surface area contributed by atoms with E-state index in [2.05, 4.69) is 12.6 Å². The fourth-order valence-corrected chi connectivity index (χ4v) is 1.20. The topological polar surface area (TPSA) is 66.4 Å². The fourth-order valence-electron chi connectivity index (χ4n) is 1.02.